The minimum absolute atomic E-state index is 0.0275. The molecule has 1 heterocycles. The second kappa shape index (κ2) is 8.40. The molecule has 0 spiro atoms. The number of nitro groups is 1. The Morgan fingerprint density at radius 2 is 1.90 bits per heavy atom. The first kappa shape index (κ1) is 19.1. The molecule has 0 fully saturated rings. The molecule has 0 unspecified atom stereocenters. The highest BCUT2D eigenvalue weighted by molar-refractivity contribution is 6.02. The van der Waals surface area contributed by atoms with E-state index in [1.807, 2.05) is 30.3 Å². The molecule has 0 saturated carbocycles. The standard InChI is InChI=1S/C23H17N3O4/c27-22(12-9-17-7-4-8-19(13-17)26(28)29)24-18-10-11-21-20(15-18)25-23(30-21)14-16-5-2-1-3-6-16/h1-13,15H,14H2,(H,24,27)/b12-9+. The summed E-state index contributed by atoms with van der Waals surface area (Å²) in [7, 11) is 0. The Hall–Kier alpha value is -4.26. The van der Waals surface area contributed by atoms with Gasteiger partial charge in [-0.15, -0.1) is 0 Å². The van der Waals surface area contributed by atoms with E-state index < -0.39 is 4.92 Å². The van der Waals surface area contributed by atoms with E-state index in [9.17, 15) is 14.9 Å². The van der Waals surface area contributed by atoms with Gasteiger partial charge in [0.2, 0.25) is 5.91 Å². The summed E-state index contributed by atoms with van der Waals surface area (Å²) in [5.41, 5.74) is 3.52. The Morgan fingerprint density at radius 3 is 2.70 bits per heavy atom. The summed E-state index contributed by atoms with van der Waals surface area (Å²) in [5, 5.41) is 13.6. The minimum atomic E-state index is -0.476. The van der Waals surface area contributed by atoms with Gasteiger partial charge in [0.05, 0.1) is 4.92 Å². The number of benzene rings is 3. The van der Waals surface area contributed by atoms with Crippen molar-refractivity contribution in [3.05, 3.63) is 106 Å². The summed E-state index contributed by atoms with van der Waals surface area (Å²) in [6.07, 6.45) is 3.44. The fraction of sp³-hybridized carbons (Fsp3) is 0.0435. The largest absolute Gasteiger partial charge is 0.440 e. The number of carbonyl (C=O) groups is 1. The number of oxazole rings is 1. The van der Waals surface area contributed by atoms with E-state index in [2.05, 4.69) is 10.3 Å². The van der Waals surface area contributed by atoms with Crippen molar-refractivity contribution in [2.45, 2.75) is 6.42 Å². The maximum Gasteiger partial charge on any atom is 0.270 e. The molecule has 1 aromatic heterocycles. The van der Waals surface area contributed by atoms with Crippen LogP contribution in [-0.4, -0.2) is 15.8 Å². The molecule has 7 heteroatoms. The van der Waals surface area contributed by atoms with Crippen LogP contribution in [-0.2, 0) is 11.2 Å². The number of non-ortho nitro benzene ring substituents is 1. The van der Waals surface area contributed by atoms with Crippen LogP contribution in [0.25, 0.3) is 17.2 Å². The van der Waals surface area contributed by atoms with Gasteiger partial charge in [-0.1, -0.05) is 42.5 Å². The summed E-state index contributed by atoms with van der Waals surface area (Å²) in [6, 6.07) is 21.2. The lowest BCUT2D eigenvalue weighted by Crippen LogP contribution is -2.07. The summed E-state index contributed by atoms with van der Waals surface area (Å²) >= 11 is 0. The van der Waals surface area contributed by atoms with Crippen molar-refractivity contribution >= 4 is 34.5 Å². The van der Waals surface area contributed by atoms with Gasteiger partial charge >= 0.3 is 0 Å². The van der Waals surface area contributed by atoms with Crippen LogP contribution >= 0.6 is 0 Å². The van der Waals surface area contributed by atoms with Gasteiger partial charge in [-0.05, 0) is 35.4 Å². The first-order valence-electron chi connectivity index (χ1n) is 9.24. The van der Waals surface area contributed by atoms with Crippen LogP contribution in [0.15, 0.2) is 83.3 Å². The molecule has 0 saturated heterocycles. The number of hydrogen-bond acceptors (Lipinski definition) is 5. The molecule has 1 amide bonds. The molecular weight excluding hydrogens is 382 g/mol. The second-order valence-corrected chi connectivity index (χ2v) is 6.63. The predicted octanol–water partition coefficient (Wildman–Crippen LogP) is 4.98. The third-order valence-electron chi connectivity index (χ3n) is 4.41. The van der Waals surface area contributed by atoms with Crippen LogP contribution in [0.3, 0.4) is 0 Å². The molecule has 7 nitrogen and oxygen atoms in total. The van der Waals surface area contributed by atoms with Gasteiger partial charge in [0.25, 0.3) is 5.69 Å². The van der Waals surface area contributed by atoms with Gasteiger partial charge in [0.15, 0.2) is 11.5 Å². The summed E-state index contributed by atoms with van der Waals surface area (Å²) in [4.78, 5) is 27.1. The third kappa shape index (κ3) is 4.59. The van der Waals surface area contributed by atoms with Crippen molar-refractivity contribution < 1.29 is 14.1 Å². The van der Waals surface area contributed by atoms with E-state index in [0.29, 0.717) is 34.7 Å². The van der Waals surface area contributed by atoms with Crippen molar-refractivity contribution in [3.8, 4) is 0 Å². The van der Waals surface area contributed by atoms with Crippen LogP contribution < -0.4 is 5.32 Å². The van der Waals surface area contributed by atoms with Crippen LogP contribution in [0.5, 0.6) is 0 Å². The summed E-state index contributed by atoms with van der Waals surface area (Å²) in [6.45, 7) is 0. The molecule has 0 atom stereocenters. The van der Waals surface area contributed by atoms with Gasteiger partial charge in [0, 0.05) is 30.3 Å². The zero-order valence-electron chi connectivity index (χ0n) is 15.8. The molecule has 30 heavy (non-hydrogen) atoms. The summed E-state index contributed by atoms with van der Waals surface area (Å²) < 4.78 is 5.77. The number of nitrogens with zero attached hydrogens (tertiary/aromatic N) is 2. The lowest BCUT2D eigenvalue weighted by molar-refractivity contribution is -0.384. The van der Waals surface area contributed by atoms with Crippen LogP contribution in [0.4, 0.5) is 11.4 Å². The molecule has 0 aliphatic heterocycles. The van der Waals surface area contributed by atoms with Crippen LogP contribution in [0.2, 0.25) is 0 Å². The number of anilines is 1. The zero-order chi connectivity index (χ0) is 20.9. The fourth-order valence-electron chi connectivity index (χ4n) is 3.00. The van der Waals surface area contributed by atoms with E-state index in [1.165, 1.54) is 24.3 Å². The number of nitrogens with one attached hydrogen (secondary N) is 1. The van der Waals surface area contributed by atoms with Crippen molar-refractivity contribution in [1.29, 1.82) is 0 Å². The number of nitro benzene ring substituents is 1. The monoisotopic (exact) mass is 399 g/mol. The average Bonchev–Trinajstić information content (AvgIpc) is 3.14. The Bertz CT molecular complexity index is 1250. The molecule has 0 radical (unpaired) electrons. The molecule has 0 bridgehead atoms. The lowest BCUT2D eigenvalue weighted by atomic mass is 10.1. The number of amides is 1. The number of carbonyl (C=O) groups excluding carboxylic acids is 1. The van der Waals surface area contributed by atoms with E-state index >= 15 is 0 Å². The number of fused-ring (bicyclic) bond motifs is 1. The molecule has 4 rings (SSSR count). The highest BCUT2D eigenvalue weighted by atomic mass is 16.6. The van der Waals surface area contributed by atoms with Crippen LogP contribution in [0, 0.1) is 10.1 Å². The Labute approximate surface area is 171 Å². The molecular formula is C23H17N3O4. The highest BCUT2D eigenvalue weighted by Crippen LogP contribution is 2.22. The number of rotatable bonds is 6. The second-order valence-electron chi connectivity index (χ2n) is 6.63. The van der Waals surface area contributed by atoms with E-state index in [0.717, 1.165) is 5.56 Å². The zero-order valence-corrected chi connectivity index (χ0v) is 15.8. The third-order valence-corrected chi connectivity index (χ3v) is 4.41. The molecule has 4 aromatic rings. The minimum Gasteiger partial charge on any atom is -0.440 e. The van der Waals surface area contributed by atoms with Crippen molar-refractivity contribution in [2.75, 3.05) is 5.32 Å². The highest BCUT2D eigenvalue weighted by Gasteiger charge is 2.09. The van der Waals surface area contributed by atoms with E-state index in [4.69, 9.17) is 4.42 Å². The maximum atomic E-state index is 12.2. The average molecular weight is 399 g/mol. The summed E-state index contributed by atoms with van der Waals surface area (Å²) in [5.74, 6) is 0.249. The van der Waals surface area contributed by atoms with Gasteiger partial charge in [-0.25, -0.2) is 4.98 Å². The molecule has 1 N–H and O–H groups in total. The normalized spacial score (nSPS) is 11.1. The fourth-order valence-corrected chi connectivity index (χ4v) is 3.00. The van der Waals surface area contributed by atoms with Gasteiger partial charge in [0.1, 0.15) is 5.52 Å². The van der Waals surface area contributed by atoms with Gasteiger partial charge in [-0.3, -0.25) is 14.9 Å². The van der Waals surface area contributed by atoms with E-state index in [-0.39, 0.29) is 11.6 Å². The van der Waals surface area contributed by atoms with Gasteiger partial charge < -0.3 is 9.73 Å². The molecule has 0 aliphatic rings. The van der Waals surface area contributed by atoms with E-state index in [1.54, 1.807) is 30.3 Å². The molecule has 148 valence electrons. The molecule has 0 aliphatic carbocycles. The number of hydrogen-bond donors (Lipinski definition) is 1. The Morgan fingerprint density at radius 1 is 1.07 bits per heavy atom. The smallest absolute Gasteiger partial charge is 0.270 e. The van der Waals surface area contributed by atoms with Gasteiger partial charge in [-0.2, -0.15) is 0 Å². The first-order chi connectivity index (χ1) is 14.6. The van der Waals surface area contributed by atoms with Crippen molar-refractivity contribution in [3.63, 3.8) is 0 Å². The van der Waals surface area contributed by atoms with Crippen molar-refractivity contribution in [2.24, 2.45) is 0 Å². The topological polar surface area (TPSA) is 98.3 Å². The quantitative estimate of drug-likeness (QED) is 0.280. The predicted molar refractivity (Wildman–Crippen MR) is 114 cm³/mol. The SMILES string of the molecule is O=C(/C=C/c1cccc([N+](=O)[O-])c1)Nc1ccc2oc(Cc3ccccc3)nc2c1. The first-order valence-corrected chi connectivity index (χ1v) is 9.24. The Kier molecular flexibility index (Phi) is 5.34. The maximum absolute atomic E-state index is 12.2. The Balaban J connectivity index is 1.45. The molecule has 3 aromatic carbocycles. The van der Waals surface area contributed by atoms with Crippen molar-refractivity contribution in [1.82, 2.24) is 4.98 Å². The van der Waals surface area contributed by atoms with Crippen LogP contribution in [0.1, 0.15) is 17.0 Å². The lowest BCUT2D eigenvalue weighted by Gasteiger charge is -2.01. The number of aromatic nitrogens is 1.